The van der Waals surface area contributed by atoms with Crippen LogP contribution in [0.3, 0.4) is 0 Å². The lowest BCUT2D eigenvalue weighted by atomic mass is 9.83. The fraction of sp³-hybridized carbons (Fsp3) is 0.471. The summed E-state index contributed by atoms with van der Waals surface area (Å²) in [6.45, 7) is 10.5. The van der Waals surface area contributed by atoms with E-state index in [2.05, 4.69) is 60.7 Å². The molecule has 2 N–H and O–H groups in total. The van der Waals surface area contributed by atoms with Crippen LogP contribution in [0.4, 0.5) is 5.69 Å². The molecule has 1 aliphatic rings. The summed E-state index contributed by atoms with van der Waals surface area (Å²) < 4.78 is 11.0. The Balaban J connectivity index is 1.40. The van der Waals surface area contributed by atoms with Crippen molar-refractivity contribution < 1.29 is 19.1 Å². The molecular formula is C34H44N4O4. The maximum absolute atomic E-state index is 13.2. The highest BCUT2D eigenvalue weighted by Crippen LogP contribution is 2.31. The summed E-state index contributed by atoms with van der Waals surface area (Å²) in [7, 11) is 0. The first-order chi connectivity index (χ1) is 20.1. The highest BCUT2D eigenvalue weighted by molar-refractivity contribution is 5.96. The van der Waals surface area contributed by atoms with Gasteiger partial charge in [0.25, 0.3) is 5.91 Å². The second-order valence-electron chi connectivity index (χ2n) is 12.1. The van der Waals surface area contributed by atoms with E-state index in [4.69, 9.17) is 14.5 Å². The van der Waals surface area contributed by atoms with Crippen LogP contribution in [0.2, 0.25) is 0 Å². The van der Waals surface area contributed by atoms with Crippen molar-refractivity contribution in [1.82, 2.24) is 15.3 Å². The van der Waals surface area contributed by atoms with Gasteiger partial charge in [0, 0.05) is 18.2 Å². The minimum atomic E-state index is -0.501. The first kappa shape index (κ1) is 31.0. The van der Waals surface area contributed by atoms with Gasteiger partial charge in [-0.2, -0.15) is 0 Å². The zero-order valence-corrected chi connectivity index (χ0v) is 25.5. The lowest BCUT2D eigenvalue weighted by molar-refractivity contribution is -0.141. The quantitative estimate of drug-likeness (QED) is 0.265. The largest absolute Gasteiger partial charge is 0.485 e. The number of nitrogens with one attached hydrogen (secondary N) is 2. The Kier molecular flexibility index (Phi) is 10.6. The van der Waals surface area contributed by atoms with E-state index in [0.717, 1.165) is 36.9 Å². The second kappa shape index (κ2) is 14.3. The number of hydrogen-bond donors (Lipinski definition) is 2. The van der Waals surface area contributed by atoms with Crippen LogP contribution < -0.4 is 15.4 Å². The van der Waals surface area contributed by atoms with Crippen molar-refractivity contribution >= 4 is 17.6 Å². The zero-order valence-electron chi connectivity index (χ0n) is 25.5. The van der Waals surface area contributed by atoms with Crippen LogP contribution in [0.25, 0.3) is 0 Å². The summed E-state index contributed by atoms with van der Waals surface area (Å²) in [5.41, 5.74) is 4.35. The third-order valence-corrected chi connectivity index (χ3v) is 7.66. The minimum absolute atomic E-state index is 0.144. The SMILES string of the molecule is CCOC(=O)CNC(=O)c1nc(CC2CCC(Nc3ccc(C(C)(C)C)cc3)CC2)nc(C)c1OCc1ccccc1. The van der Waals surface area contributed by atoms with Crippen molar-refractivity contribution in [3.8, 4) is 5.75 Å². The fourth-order valence-electron chi connectivity index (χ4n) is 5.29. The highest BCUT2D eigenvalue weighted by atomic mass is 16.5. The van der Waals surface area contributed by atoms with Gasteiger partial charge in [-0.05, 0) is 74.1 Å². The summed E-state index contributed by atoms with van der Waals surface area (Å²) in [5, 5.41) is 6.33. The van der Waals surface area contributed by atoms with E-state index >= 15 is 0 Å². The standard InChI is InChI=1S/C34H44N4O4/c1-6-41-30(39)21-35-33(40)31-32(42-22-25-10-8-7-9-11-25)23(2)36-29(38-31)20-24-12-16-27(17-13-24)37-28-18-14-26(15-19-28)34(3,4)5/h7-11,14-15,18-19,24,27,37H,6,12-13,16-17,20-22H2,1-5H3,(H,35,40). The first-order valence-electron chi connectivity index (χ1n) is 15.0. The molecule has 2 aromatic carbocycles. The van der Waals surface area contributed by atoms with Gasteiger partial charge in [0.1, 0.15) is 19.0 Å². The molecule has 224 valence electrons. The lowest BCUT2D eigenvalue weighted by Gasteiger charge is -2.30. The average molecular weight is 573 g/mol. The van der Waals surface area contributed by atoms with E-state index < -0.39 is 11.9 Å². The van der Waals surface area contributed by atoms with Gasteiger partial charge < -0.3 is 20.1 Å². The number of anilines is 1. The molecule has 0 aliphatic heterocycles. The number of carbonyl (C=O) groups is 2. The maximum Gasteiger partial charge on any atom is 0.325 e. The van der Waals surface area contributed by atoms with Gasteiger partial charge in [0.15, 0.2) is 11.4 Å². The Hall–Kier alpha value is -3.94. The molecule has 1 fully saturated rings. The molecule has 0 saturated heterocycles. The third kappa shape index (κ3) is 8.78. The Bertz CT molecular complexity index is 1330. The highest BCUT2D eigenvalue weighted by Gasteiger charge is 2.25. The molecule has 42 heavy (non-hydrogen) atoms. The number of hydrogen-bond acceptors (Lipinski definition) is 7. The number of esters is 1. The summed E-state index contributed by atoms with van der Waals surface area (Å²) in [6.07, 6.45) is 4.92. The van der Waals surface area contributed by atoms with Crippen LogP contribution >= 0.6 is 0 Å². The van der Waals surface area contributed by atoms with Gasteiger partial charge in [-0.3, -0.25) is 9.59 Å². The van der Waals surface area contributed by atoms with Crippen molar-refractivity contribution in [3.05, 3.63) is 82.9 Å². The number of aromatic nitrogens is 2. The molecule has 8 heteroatoms. The van der Waals surface area contributed by atoms with Gasteiger partial charge in [-0.1, -0.05) is 63.2 Å². The number of nitrogens with zero attached hydrogens (tertiary/aromatic N) is 2. The molecule has 0 bridgehead atoms. The number of amides is 1. The first-order valence-corrected chi connectivity index (χ1v) is 15.0. The van der Waals surface area contributed by atoms with Gasteiger partial charge >= 0.3 is 5.97 Å². The molecule has 1 amide bonds. The second-order valence-corrected chi connectivity index (χ2v) is 12.1. The van der Waals surface area contributed by atoms with E-state index in [1.54, 1.807) is 6.92 Å². The number of benzene rings is 2. The van der Waals surface area contributed by atoms with Crippen LogP contribution in [0, 0.1) is 12.8 Å². The van der Waals surface area contributed by atoms with E-state index in [1.807, 2.05) is 37.3 Å². The fourth-order valence-corrected chi connectivity index (χ4v) is 5.29. The number of rotatable bonds is 11. The van der Waals surface area contributed by atoms with Gasteiger partial charge in [0.2, 0.25) is 0 Å². The van der Waals surface area contributed by atoms with Crippen molar-refractivity contribution in [2.24, 2.45) is 5.92 Å². The average Bonchev–Trinajstić information content (AvgIpc) is 2.97. The van der Waals surface area contributed by atoms with Gasteiger partial charge in [0.05, 0.1) is 12.3 Å². The Labute approximate surface area is 249 Å². The Morgan fingerprint density at radius 2 is 1.64 bits per heavy atom. The van der Waals surface area contributed by atoms with Crippen molar-refractivity contribution in [1.29, 1.82) is 0 Å². The lowest BCUT2D eigenvalue weighted by Crippen LogP contribution is -2.32. The van der Waals surface area contributed by atoms with Crippen molar-refractivity contribution in [2.45, 2.75) is 84.8 Å². The Morgan fingerprint density at radius 3 is 2.29 bits per heavy atom. The summed E-state index contributed by atoms with van der Waals surface area (Å²) in [6, 6.07) is 18.9. The summed E-state index contributed by atoms with van der Waals surface area (Å²) >= 11 is 0. The molecule has 1 aliphatic carbocycles. The van der Waals surface area contributed by atoms with E-state index in [0.29, 0.717) is 35.6 Å². The normalized spacial score (nSPS) is 16.9. The number of aryl methyl sites for hydroxylation is 1. The maximum atomic E-state index is 13.2. The minimum Gasteiger partial charge on any atom is -0.485 e. The molecular weight excluding hydrogens is 528 g/mol. The van der Waals surface area contributed by atoms with Crippen LogP contribution in [0.1, 0.15) is 86.5 Å². The number of carbonyl (C=O) groups excluding carboxylic acids is 2. The van der Waals surface area contributed by atoms with E-state index in [1.165, 1.54) is 5.56 Å². The predicted octanol–water partition coefficient (Wildman–Crippen LogP) is 6.17. The molecule has 0 radical (unpaired) electrons. The van der Waals surface area contributed by atoms with Crippen LogP contribution in [0.15, 0.2) is 54.6 Å². The van der Waals surface area contributed by atoms with E-state index in [9.17, 15) is 9.59 Å². The van der Waals surface area contributed by atoms with Crippen molar-refractivity contribution in [3.63, 3.8) is 0 Å². The van der Waals surface area contributed by atoms with Crippen LogP contribution in [0.5, 0.6) is 5.75 Å². The molecule has 0 unspecified atom stereocenters. The third-order valence-electron chi connectivity index (χ3n) is 7.66. The number of ether oxygens (including phenoxy) is 2. The molecule has 1 heterocycles. The van der Waals surface area contributed by atoms with E-state index in [-0.39, 0.29) is 30.9 Å². The monoisotopic (exact) mass is 572 g/mol. The molecule has 0 atom stereocenters. The summed E-state index contributed by atoms with van der Waals surface area (Å²) in [4.78, 5) is 34.4. The smallest absolute Gasteiger partial charge is 0.325 e. The topological polar surface area (TPSA) is 102 Å². The molecule has 8 nitrogen and oxygen atoms in total. The summed E-state index contributed by atoms with van der Waals surface area (Å²) in [5.74, 6) is 0.393. The molecule has 0 spiro atoms. The zero-order chi connectivity index (χ0) is 30.1. The van der Waals surface area contributed by atoms with Crippen LogP contribution in [-0.4, -0.2) is 41.0 Å². The van der Waals surface area contributed by atoms with Crippen molar-refractivity contribution in [2.75, 3.05) is 18.5 Å². The predicted molar refractivity (Wildman–Crippen MR) is 165 cm³/mol. The van der Waals surface area contributed by atoms with Gasteiger partial charge in [-0.25, -0.2) is 9.97 Å². The van der Waals surface area contributed by atoms with Crippen LogP contribution in [-0.2, 0) is 28.0 Å². The molecule has 4 rings (SSSR count). The van der Waals surface area contributed by atoms with Gasteiger partial charge in [-0.15, -0.1) is 0 Å². The molecule has 1 saturated carbocycles. The molecule has 1 aromatic heterocycles. The molecule has 3 aromatic rings. The Morgan fingerprint density at radius 1 is 0.952 bits per heavy atom.